The zero-order chi connectivity index (χ0) is 19.1. The number of methoxy groups -OCH3 is 1. The number of benzene rings is 1. The topological polar surface area (TPSA) is 70.2 Å². The molecule has 0 radical (unpaired) electrons. The van der Waals surface area contributed by atoms with Gasteiger partial charge in [0.05, 0.1) is 18.9 Å². The van der Waals surface area contributed by atoms with Crippen molar-refractivity contribution in [1.29, 1.82) is 0 Å². The van der Waals surface area contributed by atoms with Crippen LogP contribution in [0.1, 0.15) is 24.2 Å². The van der Waals surface area contributed by atoms with E-state index in [2.05, 4.69) is 18.7 Å². The van der Waals surface area contributed by atoms with Gasteiger partial charge >= 0.3 is 0 Å². The van der Waals surface area contributed by atoms with E-state index < -0.39 is 10.0 Å². The molecule has 1 atom stereocenters. The summed E-state index contributed by atoms with van der Waals surface area (Å²) in [7, 11) is -1.71. The Morgan fingerprint density at radius 1 is 1.19 bits per heavy atom. The monoisotopic (exact) mass is 381 g/mol. The first-order valence-corrected chi connectivity index (χ1v) is 10.6. The van der Waals surface area contributed by atoms with Crippen LogP contribution in [0.15, 0.2) is 24.3 Å². The van der Waals surface area contributed by atoms with Gasteiger partial charge in [0.2, 0.25) is 10.0 Å². The van der Waals surface area contributed by atoms with Crippen molar-refractivity contribution in [3.63, 3.8) is 0 Å². The number of sulfonamides is 1. The second-order valence-corrected chi connectivity index (χ2v) is 9.65. The summed E-state index contributed by atoms with van der Waals surface area (Å²) in [4.78, 5) is 17.1. The summed E-state index contributed by atoms with van der Waals surface area (Å²) in [6.07, 6.45) is 1.25. The molecule has 26 heavy (non-hydrogen) atoms. The van der Waals surface area contributed by atoms with Crippen molar-refractivity contribution in [3.05, 3.63) is 29.8 Å². The van der Waals surface area contributed by atoms with Crippen LogP contribution in [-0.2, 0) is 10.0 Å². The fourth-order valence-corrected chi connectivity index (χ4v) is 5.05. The van der Waals surface area contributed by atoms with Gasteiger partial charge in [0, 0.05) is 44.3 Å². The number of nitrogens with zero attached hydrogens (tertiary/aromatic N) is 3. The lowest BCUT2D eigenvalue weighted by molar-refractivity contribution is -0.0373. The maximum Gasteiger partial charge on any atom is 0.257 e. The molecule has 1 aromatic carbocycles. The molecule has 2 fully saturated rings. The molecule has 1 amide bonds. The van der Waals surface area contributed by atoms with Crippen molar-refractivity contribution < 1.29 is 17.9 Å². The molecule has 3 rings (SSSR count). The molecule has 2 aliphatic rings. The second kappa shape index (κ2) is 6.83. The number of piperazine rings is 2. The summed E-state index contributed by atoms with van der Waals surface area (Å²) in [5, 5.41) is 0. The first-order valence-electron chi connectivity index (χ1n) is 8.77. The number of para-hydroxylation sites is 1. The average molecular weight is 381 g/mol. The first kappa shape index (κ1) is 19.1. The third kappa shape index (κ3) is 3.58. The van der Waals surface area contributed by atoms with E-state index in [1.807, 2.05) is 12.1 Å². The fraction of sp³-hybridized carbons (Fsp3) is 0.611. The van der Waals surface area contributed by atoms with Crippen LogP contribution in [0, 0.1) is 0 Å². The largest absolute Gasteiger partial charge is 0.496 e. The van der Waals surface area contributed by atoms with E-state index in [0.717, 1.165) is 6.54 Å². The minimum atomic E-state index is -3.26. The van der Waals surface area contributed by atoms with E-state index in [1.54, 1.807) is 24.1 Å². The van der Waals surface area contributed by atoms with Gasteiger partial charge in [0.15, 0.2) is 0 Å². The van der Waals surface area contributed by atoms with Crippen LogP contribution >= 0.6 is 0 Å². The highest BCUT2D eigenvalue weighted by Gasteiger charge is 2.45. The quantitative estimate of drug-likeness (QED) is 0.777. The van der Waals surface area contributed by atoms with Gasteiger partial charge in [-0.05, 0) is 26.0 Å². The number of carbonyl (C=O) groups is 1. The van der Waals surface area contributed by atoms with Gasteiger partial charge in [0.1, 0.15) is 5.75 Å². The normalized spacial score (nSPS) is 24.2. The Labute approximate surface area is 155 Å². The number of carbonyl (C=O) groups excluding carboxylic acids is 1. The van der Waals surface area contributed by atoms with Crippen LogP contribution in [-0.4, -0.2) is 86.1 Å². The molecule has 0 aliphatic carbocycles. The highest BCUT2D eigenvalue weighted by Crippen LogP contribution is 2.30. The highest BCUT2D eigenvalue weighted by molar-refractivity contribution is 7.88. The van der Waals surface area contributed by atoms with Crippen LogP contribution in [0.2, 0.25) is 0 Å². The molecule has 0 spiro atoms. The van der Waals surface area contributed by atoms with Crippen molar-refractivity contribution in [1.82, 2.24) is 14.1 Å². The summed E-state index contributed by atoms with van der Waals surface area (Å²) in [6.45, 7) is 6.88. The Hall–Kier alpha value is -1.64. The number of hydrogen-bond acceptors (Lipinski definition) is 5. The number of fused-ring (bicyclic) bond motifs is 1. The summed E-state index contributed by atoms with van der Waals surface area (Å²) in [6, 6.07) is 7.18. The highest BCUT2D eigenvalue weighted by atomic mass is 32.2. The summed E-state index contributed by atoms with van der Waals surface area (Å²) < 4.78 is 31.0. The molecule has 0 aromatic heterocycles. The summed E-state index contributed by atoms with van der Waals surface area (Å²) in [5.41, 5.74) is 0.282. The van der Waals surface area contributed by atoms with Crippen molar-refractivity contribution in [2.24, 2.45) is 0 Å². The molecule has 0 unspecified atom stereocenters. The number of ether oxygens (including phenoxy) is 1. The van der Waals surface area contributed by atoms with E-state index in [4.69, 9.17) is 4.74 Å². The van der Waals surface area contributed by atoms with Gasteiger partial charge in [0.25, 0.3) is 5.91 Å². The van der Waals surface area contributed by atoms with Crippen molar-refractivity contribution in [3.8, 4) is 5.75 Å². The van der Waals surface area contributed by atoms with Crippen LogP contribution in [0.3, 0.4) is 0 Å². The van der Waals surface area contributed by atoms with Crippen LogP contribution in [0.25, 0.3) is 0 Å². The van der Waals surface area contributed by atoms with Crippen molar-refractivity contribution >= 4 is 15.9 Å². The van der Waals surface area contributed by atoms with Crippen LogP contribution in [0.5, 0.6) is 5.75 Å². The smallest absolute Gasteiger partial charge is 0.257 e. The van der Waals surface area contributed by atoms with Gasteiger partial charge in [-0.2, -0.15) is 4.31 Å². The van der Waals surface area contributed by atoms with Gasteiger partial charge in [-0.3, -0.25) is 9.69 Å². The Morgan fingerprint density at radius 2 is 1.88 bits per heavy atom. The number of hydrogen-bond donors (Lipinski definition) is 0. The Bertz CT molecular complexity index is 793. The molecule has 7 nitrogen and oxygen atoms in total. The van der Waals surface area contributed by atoms with Crippen molar-refractivity contribution in [2.75, 3.05) is 46.1 Å². The average Bonchev–Trinajstić information content (AvgIpc) is 2.59. The molecule has 8 heteroatoms. The molecule has 2 heterocycles. The van der Waals surface area contributed by atoms with Gasteiger partial charge in [-0.1, -0.05) is 12.1 Å². The van der Waals surface area contributed by atoms with Gasteiger partial charge in [-0.15, -0.1) is 0 Å². The van der Waals surface area contributed by atoms with E-state index in [0.29, 0.717) is 37.5 Å². The minimum Gasteiger partial charge on any atom is -0.496 e. The minimum absolute atomic E-state index is 0.0131. The predicted molar refractivity (Wildman–Crippen MR) is 99.9 cm³/mol. The van der Waals surface area contributed by atoms with Gasteiger partial charge < -0.3 is 9.64 Å². The van der Waals surface area contributed by atoms with E-state index in [-0.39, 0.29) is 17.5 Å². The maximum absolute atomic E-state index is 13.0. The standard InChI is InChI=1S/C18H27N3O4S/c1-18(2)13-20(26(4,23)24)12-14-11-19(9-10-21(14)18)17(22)15-7-5-6-8-16(15)25-3/h5-8,14H,9-13H2,1-4H3/t14-/m0/s1. The zero-order valence-electron chi connectivity index (χ0n) is 15.8. The summed E-state index contributed by atoms with van der Waals surface area (Å²) in [5.74, 6) is 0.484. The lowest BCUT2D eigenvalue weighted by Gasteiger charge is -2.54. The van der Waals surface area contributed by atoms with Crippen molar-refractivity contribution in [2.45, 2.75) is 25.4 Å². The SMILES string of the molecule is COc1ccccc1C(=O)N1CCN2[C@@H](C1)CN(S(C)(=O)=O)CC2(C)C. The number of amides is 1. The third-order valence-corrected chi connectivity index (χ3v) is 6.55. The Kier molecular flexibility index (Phi) is 5.02. The van der Waals surface area contributed by atoms with E-state index in [9.17, 15) is 13.2 Å². The van der Waals surface area contributed by atoms with E-state index in [1.165, 1.54) is 10.6 Å². The Morgan fingerprint density at radius 3 is 2.54 bits per heavy atom. The third-order valence-electron chi connectivity index (χ3n) is 5.33. The molecule has 0 bridgehead atoms. The predicted octanol–water partition coefficient (Wildman–Crippen LogP) is 0.875. The molecule has 0 N–H and O–H groups in total. The lowest BCUT2D eigenvalue weighted by atomic mass is 9.94. The molecule has 2 aliphatic heterocycles. The first-order chi connectivity index (χ1) is 12.1. The molecule has 1 aromatic rings. The van der Waals surface area contributed by atoms with E-state index >= 15 is 0 Å². The van der Waals surface area contributed by atoms with Crippen LogP contribution < -0.4 is 4.74 Å². The molecule has 2 saturated heterocycles. The maximum atomic E-state index is 13.0. The zero-order valence-corrected chi connectivity index (χ0v) is 16.6. The second-order valence-electron chi connectivity index (χ2n) is 7.67. The Balaban J connectivity index is 1.82. The number of rotatable bonds is 3. The van der Waals surface area contributed by atoms with Crippen LogP contribution in [0.4, 0.5) is 0 Å². The fourth-order valence-electron chi connectivity index (χ4n) is 4.06. The lowest BCUT2D eigenvalue weighted by Crippen LogP contribution is -2.70. The molecule has 0 saturated carbocycles. The molecular weight excluding hydrogens is 354 g/mol. The molecular formula is C18H27N3O4S. The van der Waals surface area contributed by atoms with Gasteiger partial charge in [-0.25, -0.2) is 8.42 Å². The summed E-state index contributed by atoms with van der Waals surface area (Å²) >= 11 is 0. The molecule has 144 valence electrons.